The lowest BCUT2D eigenvalue weighted by atomic mass is 9.89. The van der Waals surface area contributed by atoms with Crippen LogP contribution in [0.4, 0.5) is 23.1 Å². The van der Waals surface area contributed by atoms with Gasteiger partial charge < -0.3 is 35.3 Å². The molecule has 7 rings (SSSR count). The van der Waals surface area contributed by atoms with Crippen LogP contribution in [0.25, 0.3) is 21.8 Å². The Morgan fingerprint density at radius 1 is 1.17 bits per heavy atom. The SMILES string of the molecule is CNC(=O)COc1cc2cc(Nc3nc(N4CCC[C@](O)(CCNc5cccc6c(C7CCC(=O)NC7=O)nn(C)c56)C4)ncc3Cl)ccc2n(C)c1=O. The lowest BCUT2D eigenvalue weighted by Crippen LogP contribution is -2.49. The number of aryl methyl sites for hydroxylation is 2. The number of hydrogen-bond acceptors (Lipinski definition) is 12. The summed E-state index contributed by atoms with van der Waals surface area (Å²) in [5, 5.41) is 29.9. The zero-order valence-corrected chi connectivity index (χ0v) is 30.9. The van der Waals surface area contributed by atoms with Gasteiger partial charge in [-0.25, -0.2) is 4.98 Å². The number of amides is 3. The topological polar surface area (TPSA) is 198 Å². The molecule has 3 aromatic heterocycles. The van der Waals surface area contributed by atoms with Gasteiger partial charge in [-0.1, -0.05) is 23.7 Å². The number of β-amino-alcohol motifs (C(OH)–C–C–N with tert-alkyl or cyclic N) is 1. The van der Waals surface area contributed by atoms with Crippen LogP contribution in [0.2, 0.25) is 5.02 Å². The van der Waals surface area contributed by atoms with E-state index in [1.807, 2.05) is 36.2 Å². The number of nitrogens with one attached hydrogen (secondary N) is 4. The summed E-state index contributed by atoms with van der Waals surface area (Å²) in [4.78, 5) is 60.0. The first kappa shape index (κ1) is 36.6. The van der Waals surface area contributed by atoms with Crippen LogP contribution in [-0.2, 0) is 28.5 Å². The number of aromatic nitrogens is 5. The van der Waals surface area contributed by atoms with Gasteiger partial charge in [0.15, 0.2) is 18.2 Å². The van der Waals surface area contributed by atoms with Crippen molar-refractivity contribution in [3.05, 3.63) is 69.7 Å². The molecule has 54 heavy (non-hydrogen) atoms. The van der Waals surface area contributed by atoms with Gasteiger partial charge in [-0.05, 0) is 56.0 Å². The number of para-hydroxylation sites is 1. The van der Waals surface area contributed by atoms with E-state index in [9.17, 15) is 24.3 Å². The standard InChI is InChI=1S/C37H41ClN10O6/c1-39-30(50)19-54-28-17-21-16-22(8-10-27(21)46(2)35(28)52)42-33-25(38)18-41-36(44-33)48-15-5-12-37(53,20-48)13-14-40-26-7-4-6-23-31(45-47(3)32(23)26)24-9-11-29(49)43-34(24)51/h4,6-8,10,16-18,24,40,53H,5,9,11-15,19-20H2,1-3H3,(H,39,50)(H,41,42,44)(H,43,49,51)/t24?,37-/m0/s1. The molecule has 5 aromatic rings. The molecule has 2 fully saturated rings. The summed E-state index contributed by atoms with van der Waals surface area (Å²) in [5.41, 5.74) is 2.25. The van der Waals surface area contributed by atoms with Crippen molar-refractivity contribution in [2.45, 2.75) is 43.6 Å². The first-order valence-corrected chi connectivity index (χ1v) is 18.1. The normalized spacial score (nSPS) is 18.8. The Labute approximate surface area is 314 Å². The molecule has 0 aliphatic carbocycles. The van der Waals surface area contributed by atoms with Crippen molar-refractivity contribution < 1.29 is 24.2 Å². The fourth-order valence-corrected chi connectivity index (χ4v) is 7.36. The second-order valence-electron chi connectivity index (χ2n) is 13.7. The van der Waals surface area contributed by atoms with E-state index in [1.54, 1.807) is 29.9 Å². The molecule has 2 saturated heterocycles. The number of aliphatic hydroxyl groups is 1. The van der Waals surface area contributed by atoms with Gasteiger partial charge in [0.2, 0.25) is 17.8 Å². The molecule has 0 radical (unpaired) electrons. The molecule has 2 aromatic carbocycles. The van der Waals surface area contributed by atoms with Crippen LogP contribution in [0.5, 0.6) is 5.75 Å². The van der Waals surface area contributed by atoms with Crippen LogP contribution in [0, 0.1) is 0 Å². The number of halogens is 1. The maximum absolute atomic E-state index is 12.8. The van der Waals surface area contributed by atoms with Gasteiger partial charge in [0.25, 0.3) is 11.5 Å². The maximum atomic E-state index is 12.8. The van der Waals surface area contributed by atoms with Crippen molar-refractivity contribution >= 4 is 74.3 Å². The number of nitrogens with zero attached hydrogens (tertiary/aromatic N) is 6. The summed E-state index contributed by atoms with van der Waals surface area (Å²) < 4.78 is 8.70. The Bertz CT molecular complexity index is 2340. The van der Waals surface area contributed by atoms with Crippen LogP contribution in [0.3, 0.4) is 0 Å². The number of anilines is 4. The quantitative estimate of drug-likeness (QED) is 0.124. The second kappa shape index (κ2) is 14.9. The molecule has 0 bridgehead atoms. The lowest BCUT2D eigenvalue weighted by molar-refractivity contribution is -0.134. The molecule has 16 nitrogen and oxygen atoms in total. The largest absolute Gasteiger partial charge is 0.478 e. The number of benzene rings is 2. The van der Waals surface area contributed by atoms with E-state index in [0.29, 0.717) is 78.0 Å². The monoisotopic (exact) mass is 756 g/mol. The van der Waals surface area contributed by atoms with Gasteiger partial charge in [-0.3, -0.25) is 29.2 Å². The Morgan fingerprint density at radius 3 is 2.80 bits per heavy atom. The van der Waals surface area contributed by atoms with Gasteiger partial charge in [-0.2, -0.15) is 10.1 Å². The zero-order chi connectivity index (χ0) is 38.1. The zero-order valence-electron chi connectivity index (χ0n) is 30.1. The predicted octanol–water partition coefficient (Wildman–Crippen LogP) is 3.09. The first-order chi connectivity index (χ1) is 25.9. The average Bonchev–Trinajstić information content (AvgIpc) is 3.49. The van der Waals surface area contributed by atoms with E-state index >= 15 is 0 Å². The molecule has 5 heterocycles. The number of pyridine rings is 1. The van der Waals surface area contributed by atoms with Crippen molar-refractivity contribution in [1.82, 2.24) is 34.9 Å². The summed E-state index contributed by atoms with van der Waals surface area (Å²) in [6, 6.07) is 12.8. The Kier molecular flexibility index (Phi) is 10.1. The Balaban J connectivity index is 1.03. The number of likely N-dealkylation sites (N-methyl/N-ethyl adjacent to an activating group) is 1. The highest BCUT2D eigenvalue weighted by Crippen LogP contribution is 2.35. The van der Waals surface area contributed by atoms with Gasteiger partial charge >= 0.3 is 0 Å². The minimum absolute atomic E-state index is 0.0498. The third-order valence-electron chi connectivity index (χ3n) is 10.0. The fourth-order valence-electron chi connectivity index (χ4n) is 7.22. The van der Waals surface area contributed by atoms with Crippen LogP contribution < -0.4 is 36.5 Å². The summed E-state index contributed by atoms with van der Waals surface area (Å²) in [7, 11) is 4.96. The summed E-state index contributed by atoms with van der Waals surface area (Å²) in [6.07, 6.45) is 3.99. The highest BCUT2D eigenvalue weighted by Gasteiger charge is 2.35. The Hall–Kier alpha value is -5.74. The lowest BCUT2D eigenvalue weighted by Gasteiger charge is -2.39. The molecule has 17 heteroatoms. The van der Waals surface area contributed by atoms with E-state index < -0.39 is 11.5 Å². The van der Waals surface area contributed by atoms with Crippen LogP contribution in [-0.4, -0.2) is 86.0 Å². The number of hydrogen-bond donors (Lipinski definition) is 5. The van der Waals surface area contributed by atoms with Crippen molar-refractivity contribution in [2.75, 3.05) is 48.8 Å². The highest BCUT2D eigenvalue weighted by atomic mass is 35.5. The molecule has 282 valence electrons. The van der Waals surface area contributed by atoms with Crippen LogP contribution in [0.15, 0.2) is 53.5 Å². The molecule has 2 aliphatic rings. The van der Waals surface area contributed by atoms with Gasteiger partial charge in [0.05, 0.1) is 40.1 Å². The summed E-state index contributed by atoms with van der Waals surface area (Å²) >= 11 is 6.55. The average molecular weight is 757 g/mol. The summed E-state index contributed by atoms with van der Waals surface area (Å²) in [5.74, 6) is -0.606. The number of fused-ring (bicyclic) bond motifs is 2. The van der Waals surface area contributed by atoms with Crippen LogP contribution >= 0.6 is 11.6 Å². The smallest absolute Gasteiger partial charge is 0.293 e. The van der Waals surface area contributed by atoms with Crippen molar-refractivity contribution in [1.29, 1.82) is 0 Å². The highest BCUT2D eigenvalue weighted by molar-refractivity contribution is 6.33. The Morgan fingerprint density at radius 2 is 2.00 bits per heavy atom. The molecular formula is C37H41ClN10O6. The number of rotatable bonds is 11. The molecule has 3 amide bonds. The molecule has 0 spiro atoms. The number of imide groups is 1. The molecule has 2 aliphatic heterocycles. The molecule has 5 N–H and O–H groups in total. The van der Waals surface area contributed by atoms with Crippen molar-refractivity contribution in [3.8, 4) is 5.75 Å². The number of ether oxygens (including phenoxy) is 1. The number of carbonyl (C=O) groups is 3. The first-order valence-electron chi connectivity index (χ1n) is 17.7. The van der Waals surface area contributed by atoms with Crippen molar-refractivity contribution in [3.63, 3.8) is 0 Å². The minimum Gasteiger partial charge on any atom is -0.478 e. The molecular weight excluding hydrogens is 716 g/mol. The molecule has 1 unspecified atom stereocenters. The van der Waals surface area contributed by atoms with E-state index in [1.165, 1.54) is 17.8 Å². The van der Waals surface area contributed by atoms with E-state index in [0.717, 1.165) is 23.0 Å². The predicted molar refractivity (Wildman–Crippen MR) is 204 cm³/mol. The van der Waals surface area contributed by atoms with Gasteiger partial charge in [0, 0.05) is 63.7 Å². The summed E-state index contributed by atoms with van der Waals surface area (Å²) in [6.45, 7) is 1.15. The van der Waals surface area contributed by atoms with E-state index in [2.05, 4.69) is 31.3 Å². The van der Waals surface area contributed by atoms with Gasteiger partial charge in [-0.15, -0.1) is 0 Å². The van der Waals surface area contributed by atoms with Crippen LogP contribution in [0.1, 0.15) is 43.7 Å². The van der Waals surface area contributed by atoms with Gasteiger partial charge in [0.1, 0.15) is 5.02 Å². The third-order valence-corrected chi connectivity index (χ3v) is 10.3. The molecule has 0 saturated carbocycles. The third kappa shape index (κ3) is 7.39. The number of carbonyl (C=O) groups excluding carboxylic acids is 3. The second-order valence-corrected chi connectivity index (χ2v) is 14.1. The fraction of sp³-hybridized carbons (Fsp3) is 0.378. The van der Waals surface area contributed by atoms with E-state index in [-0.39, 0.29) is 42.1 Å². The number of piperidine rings is 2. The minimum atomic E-state index is -1.02. The molecule has 2 atom stereocenters. The van der Waals surface area contributed by atoms with E-state index in [4.69, 9.17) is 21.3 Å². The van der Waals surface area contributed by atoms with Crippen molar-refractivity contribution in [2.24, 2.45) is 14.1 Å². The maximum Gasteiger partial charge on any atom is 0.293 e.